The second-order valence-corrected chi connectivity index (χ2v) is 4.80. The highest BCUT2D eigenvalue weighted by Gasteiger charge is 2.31. The van der Waals surface area contributed by atoms with Gasteiger partial charge in [-0.3, -0.25) is 4.79 Å². The van der Waals surface area contributed by atoms with Crippen LogP contribution in [-0.4, -0.2) is 23.9 Å². The van der Waals surface area contributed by atoms with Crippen molar-refractivity contribution in [1.29, 1.82) is 0 Å². The van der Waals surface area contributed by atoms with E-state index < -0.39 is 0 Å². The van der Waals surface area contributed by atoms with E-state index in [1.54, 1.807) is 4.90 Å². The molecular weight excluding hydrogens is 214 g/mol. The van der Waals surface area contributed by atoms with Crippen molar-refractivity contribution in [1.82, 2.24) is 4.90 Å². The standard InChI is InChI=1S/C14H15NO2/c1-9-3-6-12-10(7-9)8-13(17-12)14(16)15(2)11-4-5-11/h3,6-8,11H,4-5H2,1-2H3. The van der Waals surface area contributed by atoms with Gasteiger partial charge in [-0.15, -0.1) is 0 Å². The van der Waals surface area contributed by atoms with E-state index in [1.807, 2.05) is 38.2 Å². The van der Waals surface area contributed by atoms with Crippen molar-refractivity contribution in [2.24, 2.45) is 0 Å². The normalized spacial score (nSPS) is 15.2. The molecule has 1 aliphatic rings. The Morgan fingerprint density at radius 3 is 2.82 bits per heavy atom. The Hall–Kier alpha value is -1.77. The lowest BCUT2D eigenvalue weighted by molar-refractivity contribution is 0.0756. The molecule has 0 saturated heterocycles. The minimum absolute atomic E-state index is 0.0126. The van der Waals surface area contributed by atoms with E-state index in [-0.39, 0.29) is 5.91 Å². The highest BCUT2D eigenvalue weighted by molar-refractivity contribution is 5.96. The van der Waals surface area contributed by atoms with Gasteiger partial charge >= 0.3 is 0 Å². The fourth-order valence-electron chi connectivity index (χ4n) is 2.07. The van der Waals surface area contributed by atoms with Crippen molar-refractivity contribution in [3.63, 3.8) is 0 Å². The van der Waals surface area contributed by atoms with Gasteiger partial charge in [0.1, 0.15) is 5.58 Å². The molecule has 17 heavy (non-hydrogen) atoms. The first-order chi connectivity index (χ1) is 8.15. The van der Waals surface area contributed by atoms with Crippen LogP contribution in [0, 0.1) is 6.92 Å². The van der Waals surface area contributed by atoms with E-state index in [9.17, 15) is 4.79 Å². The van der Waals surface area contributed by atoms with Crippen molar-refractivity contribution < 1.29 is 9.21 Å². The molecule has 1 aliphatic carbocycles. The highest BCUT2D eigenvalue weighted by atomic mass is 16.3. The molecule has 1 aromatic heterocycles. The van der Waals surface area contributed by atoms with E-state index in [0.29, 0.717) is 11.8 Å². The Morgan fingerprint density at radius 2 is 2.12 bits per heavy atom. The number of benzene rings is 1. The third-order valence-corrected chi connectivity index (χ3v) is 3.30. The number of fused-ring (bicyclic) bond motifs is 1. The summed E-state index contributed by atoms with van der Waals surface area (Å²) in [7, 11) is 1.85. The molecule has 0 radical (unpaired) electrons. The van der Waals surface area contributed by atoms with E-state index >= 15 is 0 Å². The molecule has 0 atom stereocenters. The molecule has 1 aromatic carbocycles. The quantitative estimate of drug-likeness (QED) is 0.793. The van der Waals surface area contributed by atoms with Gasteiger partial charge in [0.25, 0.3) is 5.91 Å². The number of nitrogens with zero attached hydrogens (tertiary/aromatic N) is 1. The lowest BCUT2D eigenvalue weighted by Crippen LogP contribution is -2.28. The molecule has 3 rings (SSSR count). The van der Waals surface area contributed by atoms with Gasteiger partial charge in [-0.1, -0.05) is 11.6 Å². The predicted molar refractivity (Wildman–Crippen MR) is 66.1 cm³/mol. The molecule has 1 saturated carbocycles. The van der Waals surface area contributed by atoms with E-state index in [0.717, 1.165) is 23.8 Å². The smallest absolute Gasteiger partial charge is 0.289 e. The lowest BCUT2D eigenvalue weighted by atomic mass is 10.2. The largest absolute Gasteiger partial charge is 0.451 e. The fraction of sp³-hybridized carbons (Fsp3) is 0.357. The molecule has 3 heteroatoms. The Labute approximate surface area is 100 Å². The van der Waals surface area contributed by atoms with Crippen LogP contribution in [0.4, 0.5) is 0 Å². The zero-order valence-electron chi connectivity index (χ0n) is 10.1. The molecule has 0 aliphatic heterocycles. The minimum atomic E-state index is -0.0126. The summed E-state index contributed by atoms with van der Waals surface area (Å²) in [6.45, 7) is 2.03. The minimum Gasteiger partial charge on any atom is -0.451 e. The Morgan fingerprint density at radius 1 is 1.35 bits per heavy atom. The van der Waals surface area contributed by atoms with E-state index in [1.165, 1.54) is 5.56 Å². The summed E-state index contributed by atoms with van der Waals surface area (Å²) in [5.74, 6) is 0.432. The van der Waals surface area contributed by atoms with E-state index in [4.69, 9.17) is 4.42 Å². The molecule has 0 unspecified atom stereocenters. The number of furan rings is 1. The summed E-state index contributed by atoms with van der Waals surface area (Å²) in [6, 6.07) is 8.19. The molecular formula is C14H15NO2. The molecule has 3 nitrogen and oxygen atoms in total. The van der Waals surface area contributed by atoms with Gasteiger partial charge in [0.15, 0.2) is 5.76 Å². The third kappa shape index (κ3) is 1.82. The molecule has 0 spiro atoms. The van der Waals surface area contributed by atoms with Gasteiger partial charge in [0.2, 0.25) is 0 Å². The molecule has 0 bridgehead atoms. The highest BCUT2D eigenvalue weighted by Crippen LogP contribution is 2.28. The van der Waals surface area contributed by atoms with Crippen LogP contribution in [-0.2, 0) is 0 Å². The van der Waals surface area contributed by atoms with Crippen LogP contribution in [0.3, 0.4) is 0 Å². The third-order valence-electron chi connectivity index (χ3n) is 3.30. The number of rotatable bonds is 2. The topological polar surface area (TPSA) is 33.5 Å². The number of hydrogen-bond acceptors (Lipinski definition) is 2. The maximum atomic E-state index is 12.1. The van der Waals surface area contributed by atoms with Crippen LogP contribution < -0.4 is 0 Å². The van der Waals surface area contributed by atoms with Crippen molar-refractivity contribution in [2.75, 3.05) is 7.05 Å². The summed E-state index contributed by atoms with van der Waals surface area (Å²) in [4.78, 5) is 13.9. The van der Waals surface area contributed by atoms with Crippen LogP contribution in [0.1, 0.15) is 29.0 Å². The maximum Gasteiger partial charge on any atom is 0.289 e. The Kier molecular flexibility index (Phi) is 2.21. The van der Waals surface area contributed by atoms with Crippen molar-refractivity contribution in [3.05, 3.63) is 35.6 Å². The first-order valence-electron chi connectivity index (χ1n) is 5.92. The molecule has 1 amide bonds. The average molecular weight is 229 g/mol. The molecule has 0 N–H and O–H groups in total. The van der Waals surface area contributed by atoms with E-state index in [2.05, 4.69) is 0 Å². The number of aryl methyl sites for hydroxylation is 1. The first kappa shape index (κ1) is 10.4. The number of carbonyl (C=O) groups is 1. The molecule has 88 valence electrons. The molecule has 1 heterocycles. The summed E-state index contributed by atoms with van der Waals surface area (Å²) < 4.78 is 5.59. The van der Waals surface area contributed by atoms with Crippen LogP contribution in [0.25, 0.3) is 11.0 Å². The van der Waals surface area contributed by atoms with Gasteiger partial charge in [-0.25, -0.2) is 0 Å². The lowest BCUT2D eigenvalue weighted by Gasteiger charge is -2.13. The summed E-state index contributed by atoms with van der Waals surface area (Å²) in [5.41, 5.74) is 1.95. The SMILES string of the molecule is Cc1ccc2oc(C(=O)N(C)C3CC3)cc2c1. The molecule has 1 fully saturated rings. The number of amides is 1. The van der Waals surface area contributed by atoms with Crippen molar-refractivity contribution in [3.8, 4) is 0 Å². The fourth-order valence-corrected chi connectivity index (χ4v) is 2.07. The van der Waals surface area contributed by atoms with Crippen LogP contribution in [0.2, 0.25) is 0 Å². The average Bonchev–Trinajstić information content (AvgIpc) is 3.07. The maximum absolute atomic E-state index is 12.1. The number of carbonyl (C=O) groups excluding carboxylic acids is 1. The zero-order chi connectivity index (χ0) is 12.0. The Bertz CT molecular complexity index is 581. The van der Waals surface area contributed by atoms with Crippen LogP contribution >= 0.6 is 0 Å². The number of hydrogen-bond donors (Lipinski definition) is 0. The van der Waals surface area contributed by atoms with Crippen LogP contribution in [0.15, 0.2) is 28.7 Å². The Balaban J connectivity index is 1.97. The van der Waals surface area contributed by atoms with Gasteiger partial charge in [-0.05, 0) is 38.0 Å². The second kappa shape index (κ2) is 3.62. The summed E-state index contributed by atoms with van der Waals surface area (Å²) in [6.07, 6.45) is 2.23. The summed E-state index contributed by atoms with van der Waals surface area (Å²) >= 11 is 0. The zero-order valence-corrected chi connectivity index (χ0v) is 10.1. The van der Waals surface area contributed by atoms with Crippen molar-refractivity contribution >= 4 is 16.9 Å². The molecule has 2 aromatic rings. The van der Waals surface area contributed by atoms with Gasteiger partial charge < -0.3 is 9.32 Å². The predicted octanol–water partition coefficient (Wildman–Crippen LogP) is 2.98. The second-order valence-electron chi connectivity index (χ2n) is 4.80. The summed E-state index contributed by atoms with van der Waals surface area (Å²) in [5, 5.41) is 0.998. The first-order valence-corrected chi connectivity index (χ1v) is 5.92. The van der Waals surface area contributed by atoms with Gasteiger partial charge in [-0.2, -0.15) is 0 Å². The van der Waals surface area contributed by atoms with Gasteiger partial charge in [0, 0.05) is 18.5 Å². The van der Waals surface area contributed by atoms with Crippen LogP contribution in [0.5, 0.6) is 0 Å². The monoisotopic (exact) mass is 229 g/mol. The van der Waals surface area contributed by atoms with Gasteiger partial charge in [0.05, 0.1) is 0 Å². The van der Waals surface area contributed by atoms with Crippen molar-refractivity contribution in [2.45, 2.75) is 25.8 Å².